The van der Waals surface area contributed by atoms with Crippen molar-refractivity contribution in [1.29, 1.82) is 0 Å². The predicted molar refractivity (Wildman–Crippen MR) is 97.2 cm³/mol. The van der Waals surface area contributed by atoms with Crippen LogP contribution < -0.4 is 0 Å². The van der Waals surface area contributed by atoms with Gasteiger partial charge in [-0.25, -0.2) is 0 Å². The van der Waals surface area contributed by atoms with Crippen LogP contribution >= 0.6 is 0 Å². The van der Waals surface area contributed by atoms with Crippen LogP contribution in [-0.4, -0.2) is 17.7 Å². The molecule has 0 aliphatic carbocycles. The van der Waals surface area contributed by atoms with Crippen LogP contribution in [-0.2, 0) is 21.4 Å². The van der Waals surface area contributed by atoms with Gasteiger partial charge in [0.15, 0.2) is 0 Å². The molecule has 0 heterocycles. The van der Waals surface area contributed by atoms with Crippen LogP contribution in [0.3, 0.4) is 0 Å². The SMILES string of the molecule is CCOC(=O)CCc1cc(-c2ccc(C(C)(C)C)cc2)ccc1O. The third-order valence-corrected chi connectivity index (χ3v) is 4.07. The Kier molecular flexibility index (Phi) is 5.66. The first-order chi connectivity index (χ1) is 11.3. The maximum absolute atomic E-state index is 11.5. The minimum atomic E-state index is -0.239. The van der Waals surface area contributed by atoms with Crippen molar-refractivity contribution in [2.75, 3.05) is 6.61 Å². The van der Waals surface area contributed by atoms with Gasteiger partial charge in [-0.1, -0.05) is 51.1 Å². The number of carbonyl (C=O) groups is 1. The Bertz CT molecular complexity index is 694. The zero-order valence-corrected chi connectivity index (χ0v) is 14.9. The first kappa shape index (κ1) is 18.1. The van der Waals surface area contributed by atoms with Crippen molar-refractivity contribution < 1.29 is 14.6 Å². The van der Waals surface area contributed by atoms with E-state index in [1.54, 1.807) is 13.0 Å². The summed E-state index contributed by atoms with van der Waals surface area (Å²) in [5.74, 6) is -0.0220. The normalized spacial score (nSPS) is 11.3. The van der Waals surface area contributed by atoms with Gasteiger partial charge in [-0.15, -0.1) is 0 Å². The maximum Gasteiger partial charge on any atom is 0.306 e. The van der Waals surface area contributed by atoms with Gasteiger partial charge < -0.3 is 9.84 Å². The standard InChI is InChI=1S/C21H26O3/c1-5-24-20(23)13-9-17-14-16(8-12-19(17)22)15-6-10-18(11-7-15)21(2,3)4/h6-8,10-12,14,22H,5,9,13H2,1-4H3. The van der Waals surface area contributed by atoms with Crippen molar-refractivity contribution in [2.45, 2.75) is 46.0 Å². The van der Waals surface area contributed by atoms with Gasteiger partial charge in [0.2, 0.25) is 0 Å². The monoisotopic (exact) mass is 326 g/mol. The van der Waals surface area contributed by atoms with Gasteiger partial charge in [-0.05, 0) is 53.1 Å². The Morgan fingerprint density at radius 2 is 1.67 bits per heavy atom. The summed E-state index contributed by atoms with van der Waals surface area (Å²) in [5.41, 5.74) is 4.30. The second-order valence-corrected chi connectivity index (χ2v) is 6.98. The summed E-state index contributed by atoms with van der Waals surface area (Å²) in [6.07, 6.45) is 0.742. The number of aromatic hydroxyl groups is 1. The molecule has 0 fully saturated rings. The number of phenols is 1. The number of benzene rings is 2. The van der Waals surface area contributed by atoms with E-state index in [1.807, 2.05) is 12.1 Å². The van der Waals surface area contributed by atoms with Crippen LogP contribution in [0.2, 0.25) is 0 Å². The number of aryl methyl sites for hydroxylation is 1. The molecule has 0 aliphatic heterocycles. The average Bonchev–Trinajstić information content (AvgIpc) is 2.54. The number of hydrogen-bond donors (Lipinski definition) is 1. The van der Waals surface area contributed by atoms with E-state index >= 15 is 0 Å². The highest BCUT2D eigenvalue weighted by molar-refractivity contribution is 5.70. The molecule has 0 bridgehead atoms. The van der Waals surface area contributed by atoms with E-state index in [-0.39, 0.29) is 23.6 Å². The number of hydrogen-bond acceptors (Lipinski definition) is 3. The largest absolute Gasteiger partial charge is 0.508 e. The van der Waals surface area contributed by atoms with Gasteiger partial charge >= 0.3 is 5.97 Å². The van der Waals surface area contributed by atoms with Crippen LogP contribution in [0, 0.1) is 0 Å². The van der Waals surface area contributed by atoms with Gasteiger partial charge in [-0.3, -0.25) is 4.79 Å². The lowest BCUT2D eigenvalue weighted by atomic mass is 9.86. The number of phenolic OH excluding ortho intramolecular Hbond substituents is 1. The lowest BCUT2D eigenvalue weighted by Gasteiger charge is -2.19. The lowest BCUT2D eigenvalue weighted by molar-refractivity contribution is -0.143. The van der Waals surface area contributed by atoms with Crippen molar-refractivity contribution in [3.8, 4) is 16.9 Å². The van der Waals surface area contributed by atoms with Crippen LogP contribution in [0.15, 0.2) is 42.5 Å². The molecule has 2 aromatic rings. The Morgan fingerprint density at radius 1 is 1.04 bits per heavy atom. The fourth-order valence-corrected chi connectivity index (χ4v) is 2.60. The zero-order chi connectivity index (χ0) is 17.7. The highest BCUT2D eigenvalue weighted by Crippen LogP contribution is 2.29. The highest BCUT2D eigenvalue weighted by Gasteiger charge is 2.13. The van der Waals surface area contributed by atoms with E-state index in [9.17, 15) is 9.90 Å². The van der Waals surface area contributed by atoms with Crippen molar-refractivity contribution in [3.05, 3.63) is 53.6 Å². The zero-order valence-electron chi connectivity index (χ0n) is 14.9. The Hall–Kier alpha value is -2.29. The molecule has 0 atom stereocenters. The fraction of sp³-hybridized carbons (Fsp3) is 0.381. The second-order valence-electron chi connectivity index (χ2n) is 6.98. The molecule has 3 nitrogen and oxygen atoms in total. The van der Waals surface area contributed by atoms with E-state index in [2.05, 4.69) is 45.0 Å². The first-order valence-electron chi connectivity index (χ1n) is 8.39. The summed E-state index contributed by atoms with van der Waals surface area (Å²) in [5, 5.41) is 10.0. The van der Waals surface area contributed by atoms with E-state index in [0.717, 1.165) is 16.7 Å². The fourth-order valence-electron chi connectivity index (χ4n) is 2.60. The van der Waals surface area contributed by atoms with Crippen molar-refractivity contribution in [3.63, 3.8) is 0 Å². The van der Waals surface area contributed by atoms with Gasteiger partial charge in [0.05, 0.1) is 6.61 Å². The second kappa shape index (κ2) is 7.52. The molecule has 2 aromatic carbocycles. The topological polar surface area (TPSA) is 46.5 Å². The Labute approximate surface area is 144 Å². The molecular formula is C21H26O3. The molecule has 2 rings (SSSR count). The van der Waals surface area contributed by atoms with Crippen molar-refractivity contribution in [2.24, 2.45) is 0 Å². The highest BCUT2D eigenvalue weighted by atomic mass is 16.5. The molecule has 0 aliphatic rings. The summed E-state index contributed by atoms with van der Waals surface area (Å²) >= 11 is 0. The number of ether oxygens (including phenoxy) is 1. The molecule has 128 valence electrons. The van der Waals surface area contributed by atoms with Crippen molar-refractivity contribution >= 4 is 5.97 Å². The Morgan fingerprint density at radius 3 is 2.25 bits per heavy atom. The summed E-state index contributed by atoms with van der Waals surface area (Å²) in [6.45, 7) is 8.74. The molecule has 0 spiro atoms. The molecule has 3 heteroatoms. The van der Waals surface area contributed by atoms with Gasteiger partial charge in [0.25, 0.3) is 0 Å². The third kappa shape index (κ3) is 4.60. The minimum absolute atomic E-state index is 0.123. The molecule has 0 amide bonds. The molecule has 0 aromatic heterocycles. The van der Waals surface area contributed by atoms with Crippen LogP contribution in [0.5, 0.6) is 5.75 Å². The van der Waals surface area contributed by atoms with Gasteiger partial charge in [-0.2, -0.15) is 0 Å². The summed E-state index contributed by atoms with van der Waals surface area (Å²) in [7, 11) is 0. The van der Waals surface area contributed by atoms with Gasteiger partial charge in [0, 0.05) is 6.42 Å². The van der Waals surface area contributed by atoms with E-state index in [1.165, 1.54) is 5.56 Å². The molecule has 24 heavy (non-hydrogen) atoms. The maximum atomic E-state index is 11.5. The predicted octanol–water partition coefficient (Wildman–Crippen LogP) is 4.85. The molecule has 0 saturated carbocycles. The van der Waals surface area contributed by atoms with E-state index < -0.39 is 0 Å². The summed E-state index contributed by atoms with van der Waals surface area (Å²) < 4.78 is 4.94. The number of rotatable bonds is 5. The molecule has 0 saturated heterocycles. The van der Waals surface area contributed by atoms with Crippen LogP contribution in [0.1, 0.15) is 45.2 Å². The Balaban J connectivity index is 2.19. The minimum Gasteiger partial charge on any atom is -0.508 e. The van der Waals surface area contributed by atoms with Crippen LogP contribution in [0.4, 0.5) is 0 Å². The molecule has 0 radical (unpaired) electrons. The number of esters is 1. The van der Waals surface area contributed by atoms with E-state index in [4.69, 9.17) is 4.74 Å². The number of carbonyl (C=O) groups excluding carboxylic acids is 1. The van der Waals surface area contributed by atoms with E-state index in [0.29, 0.717) is 13.0 Å². The average molecular weight is 326 g/mol. The first-order valence-corrected chi connectivity index (χ1v) is 8.39. The van der Waals surface area contributed by atoms with Crippen LogP contribution in [0.25, 0.3) is 11.1 Å². The molecule has 1 N–H and O–H groups in total. The third-order valence-electron chi connectivity index (χ3n) is 4.07. The quantitative estimate of drug-likeness (QED) is 0.799. The molecule has 0 unspecified atom stereocenters. The summed E-state index contributed by atoms with van der Waals surface area (Å²) in [4.78, 5) is 11.5. The summed E-state index contributed by atoms with van der Waals surface area (Å²) in [6, 6.07) is 14.0. The molecular weight excluding hydrogens is 300 g/mol. The lowest BCUT2D eigenvalue weighted by Crippen LogP contribution is -2.10. The smallest absolute Gasteiger partial charge is 0.306 e. The van der Waals surface area contributed by atoms with Crippen molar-refractivity contribution in [1.82, 2.24) is 0 Å². The van der Waals surface area contributed by atoms with Gasteiger partial charge in [0.1, 0.15) is 5.75 Å².